The molecule has 1 saturated heterocycles. The smallest absolute Gasteiger partial charge is 0.0409 e. The number of thioether (sulfide) groups is 1. The summed E-state index contributed by atoms with van der Waals surface area (Å²) < 4.78 is 0. The average molecular weight is 256 g/mol. The molecule has 1 aliphatic rings. The lowest BCUT2D eigenvalue weighted by atomic mass is 10.1. The predicted molar refractivity (Wildman–Crippen MR) is 73.3 cm³/mol. The zero-order chi connectivity index (χ0) is 11.2. The summed E-state index contributed by atoms with van der Waals surface area (Å²) in [6.45, 7) is 1.20. The summed E-state index contributed by atoms with van der Waals surface area (Å²) in [4.78, 5) is 0. The van der Waals surface area contributed by atoms with Crippen LogP contribution in [0.4, 0.5) is 0 Å². The fraction of sp³-hybridized carbons (Fsp3) is 0.538. The van der Waals surface area contributed by atoms with E-state index < -0.39 is 0 Å². The van der Waals surface area contributed by atoms with Gasteiger partial charge in [-0.2, -0.15) is 11.8 Å². The molecule has 0 radical (unpaired) electrons. The molecule has 1 aromatic carbocycles. The highest BCUT2D eigenvalue weighted by molar-refractivity contribution is 7.98. The van der Waals surface area contributed by atoms with Crippen LogP contribution in [0.3, 0.4) is 0 Å². The fourth-order valence-electron chi connectivity index (χ4n) is 2.01. The van der Waals surface area contributed by atoms with Gasteiger partial charge in [-0.3, -0.25) is 0 Å². The fourth-order valence-corrected chi connectivity index (χ4v) is 3.33. The van der Waals surface area contributed by atoms with Crippen LogP contribution >= 0.6 is 23.4 Å². The standard InChI is InChI=1S/C13H18ClNS/c14-12-5-3-4-11(8-12)9-16-10-13-6-1-2-7-15-13/h3-5,8,13,15H,1-2,6-7,9-10H2. The first-order valence-corrected chi connectivity index (χ1v) is 7.43. The Morgan fingerprint density at radius 3 is 3.06 bits per heavy atom. The lowest BCUT2D eigenvalue weighted by Crippen LogP contribution is -2.35. The van der Waals surface area contributed by atoms with Gasteiger partial charge in [0, 0.05) is 22.6 Å². The van der Waals surface area contributed by atoms with Crippen molar-refractivity contribution in [3.05, 3.63) is 34.9 Å². The Kier molecular flexibility index (Phi) is 5.01. The molecule has 1 aliphatic heterocycles. The minimum absolute atomic E-state index is 0.720. The van der Waals surface area contributed by atoms with Crippen LogP contribution in [0.25, 0.3) is 0 Å². The topological polar surface area (TPSA) is 12.0 Å². The number of piperidine rings is 1. The number of nitrogens with one attached hydrogen (secondary N) is 1. The highest BCUT2D eigenvalue weighted by Crippen LogP contribution is 2.19. The van der Waals surface area contributed by atoms with E-state index in [4.69, 9.17) is 11.6 Å². The van der Waals surface area contributed by atoms with E-state index in [0.717, 1.165) is 16.8 Å². The van der Waals surface area contributed by atoms with E-state index in [0.29, 0.717) is 0 Å². The van der Waals surface area contributed by atoms with Gasteiger partial charge in [0.2, 0.25) is 0 Å². The van der Waals surface area contributed by atoms with Crippen molar-refractivity contribution in [3.8, 4) is 0 Å². The number of halogens is 1. The number of benzene rings is 1. The van der Waals surface area contributed by atoms with Crippen LogP contribution in [-0.4, -0.2) is 18.3 Å². The normalized spacial score (nSPS) is 20.9. The Balaban J connectivity index is 1.71. The van der Waals surface area contributed by atoms with Gasteiger partial charge >= 0.3 is 0 Å². The Bertz CT molecular complexity index is 323. The Labute approximate surface area is 107 Å². The van der Waals surface area contributed by atoms with E-state index in [2.05, 4.69) is 17.4 Å². The Morgan fingerprint density at radius 2 is 2.31 bits per heavy atom. The van der Waals surface area contributed by atoms with Crippen molar-refractivity contribution in [2.45, 2.75) is 31.1 Å². The highest BCUT2D eigenvalue weighted by atomic mass is 35.5. The van der Waals surface area contributed by atoms with Crippen LogP contribution in [0.5, 0.6) is 0 Å². The highest BCUT2D eigenvalue weighted by Gasteiger charge is 2.11. The first kappa shape index (κ1) is 12.3. The van der Waals surface area contributed by atoms with Crippen molar-refractivity contribution in [3.63, 3.8) is 0 Å². The van der Waals surface area contributed by atoms with E-state index >= 15 is 0 Å². The Morgan fingerprint density at radius 1 is 1.38 bits per heavy atom. The van der Waals surface area contributed by atoms with Crippen LogP contribution in [0.15, 0.2) is 24.3 Å². The lowest BCUT2D eigenvalue weighted by Gasteiger charge is -2.22. The van der Waals surface area contributed by atoms with E-state index in [1.807, 2.05) is 23.9 Å². The predicted octanol–water partition coefficient (Wildman–Crippen LogP) is 3.72. The minimum atomic E-state index is 0.720. The largest absolute Gasteiger partial charge is 0.313 e. The van der Waals surface area contributed by atoms with Gasteiger partial charge in [0.15, 0.2) is 0 Å². The zero-order valence-corrected chi connectivity index (χ0v) is 11.0. The molecule has 0 amide bonds. The van der Waals surface area contributed by atoms with E-state index in [-0.39, 0.29) is 0 Å². The van der Waals surface area contributed by atoms with Gasteiger partial charge in [0.05, 0.1) is 0 Å². The molecule has 3 heteroatoms. The zero-order valence-electron chi connectivity index (χ0n) is 9.42. The van der Waals surface area contributed by atoms with Gasteiger partial charge in [0.1, 0.15) is 0 Å². The van der Waals surface area contributed by atoms with Crippen molar-refractivity contribution in [1.29, 1.82) is 0 Å². The van der Waals surface area contributed by atoms with Crippen LogP contribution in [0, 0.1) is 0 Å². The van der Waals surface area contributed by atoms with Gasteiger partial charge in [-0.05, 0) is 37.1 Å². The molecule has 88 valence electrons. The van der Waals surface area contributed by atoms with Crippen LogP contribution in [-0.2, 0) is 5.75 Å². The monoisotopic (exact) mass is 255 g/mol. The van der Waals surface area contributed by atoms with Gasteiger partial charge in [-0.15, -0.1) is 0 Å². The molecule has 1 aromatic rings. The second kappa shape index (κ2) is 6.53. The summed E-state index contributed by atoms with van der Waals surface area (Å²) in [6, 6.07) is 8.88. The molecule has 1 atom stereocenters. The van der Waals surface area contributed by atoms with E-state index in [9.17, 15) is 0 Å². The molecule has 1 heterocycles. The molecule has 2 rings (SSSR count). The van der Waals surface area contributed by atoms with Crippen molar-refractivity contribution in [2.75, 3.05) is 12.3 Å². The second-order valence-electron chi connectivity index (χ2n) is 4.29. The quantitative estimate of drug-likeness (QED) is 0.880. The minimum Gasteiger partial charge on any atom is -0.313 e. The summed E-state index contributed by atoms with van der Waals surface area (Å²) in [6.07, 6.45) is 4.06. The van der Waals surface area contributed by atoms with Crippen LogP contribution in [0.2, 0.25) is 5.02 Å². The number of hydrogen-bond acceptors (Lipinski definition) is 2. The van der Waals surface area contributed by atoms with Crippen LogP contribution in [0.1, 0.15) is 24.8 Å². The SMILES string of the molecule is Clc1cccc(CSCC2CCCCN2)c1. The first-order chi connectivity index (χ1) is 7.84. The summed E-state index contributed by atoms with van der Waals surface area (Å²) in [7, 11) is 0. The van der Waals surface area contributed by atoms with Crippen molar-refractivity contribution < 1.29 is 0 Å². The average Bonchev–Trinajstić information content (AvgIpc) is 2.30. The van der Waals surface area contributed by atoms with Gasteiger partial charge in [-0.1, -0.05) is 30.2 Å². The molecule has 0 spiro atoms. The lowest BCUT2D eigenvalue weighted by molar-refractivity contribution is 0.430. The third kappa shape index (κ3) is 4.00. The molecule has 0 aliphatic carbocycles. The molecule has 1 N–H and O–H groups in total. The van der Waals surface area contributed by atoms with Crippen LogP contribution < -0.4 is 5.32 Å². The van der Waals surface area contributed by atoms with Crippen molar-refractivity contribution >= 4 is 23.4 Å². The van der Waals surface area contributed by atoms with E-state index in [1.54, 1.807) is 0 Å². The summed E-state index contributed by atoms with van der Waals surface area (Å²) >= 11 is 7.95. The van der Waals surface area contributed by atoms with Gasteiger partial charge < -0.3 is 5.32 Å². The molecule has 0 saturated carbocycles. The molecule has 1 fully saturated rings. The number of hydrogen-bond donors (Lipinski definition) is 1. The Hall–Kier alpha value is -0.180. The third-order valence-electron chi connectivity index (χ3n) is 2.89. The maximum absolute atomic E-state index is 5.95. The molecule has 0 bridgehead atoms. The molecule has 1 unspecified atom stereocenters. The maximum atomic E-state index is 5.95. The first-order valence-electron chi connectivity index (χ1n) is 5.90. The molecular formula is C13H18ClNS. The summed E-state index contributed by atoms with van der Waals surface area (Å²) in [5, 5.41) is 4.41. The summed E-state index contributed by atoms with van der Waals surface area (Å²) in [5.74, 6) is 2.28. The molecular weight excluding hydrogens is 238 g/mol. The number of rotatable bonds is 4. The third-order valence-corrected chi connectivity index (χ3v) is 4.30. The van der Waals surface area contributed by atoms with E-state index in [1.165, 1.54) is 37.1 Å². The summed E-state index contributed by atoms with van der Waals surface area (Å²) in [5.41, 5.74) is 1.33. The van der Waals surface area contributed by atoms with Crippen molar-refractivity contribution in [2.24, 2.45) is 0 Å². The van der Waals surface area contributed by atoms with Gasteiger partial charge in [-0.25, -0.2) is 0 Å². The van der Waals surface area contributed by atoms with Gasteiger partial charge in [0.25, 0.3) is 0 Å². The van der Waals surface area contributed by atoms with Crippen molar-refractivity contribution in [1.82, 2.24) is 5.32 Å². The second-order valence-corrected chi connectivity index (χ2v) is 5.76. The maximum Gasteiger partial charge on any atom is 0.0409 e. The molecule has 1 nitrogen and oxygen atoms in total. The molecule has 16 heavy (non-hydrogen) atoms. The molecule has 0 aromatic heterocycles.